The average molecular weight is 174 g/mol. The van der Waals surface area contributed by atoms with Crippen LogP contribution in [-0.2, 0) is 0 Å². The number of rotatable bonds is 0. The predicted octanol–water partition coefficient (Wildman–Crippen LogP) is 4.18. The molecule has 0 N–H and O–H groups in total. The fraction of sp³-hybridized carbons (Fsp3) is 0.385. The Labute approximate surface area is 81.4 Å². The van der Waals surface area contributed by atoms with Gasteiger partial charge < -0.3 is 0 Å². The van der Waals surface area contributed by atoms with E-state index in [1.807, 2.05) is 0 Å². The first-order chi connectivity index (χ1) is 6.50. The van der Waals surface area contributed by atoms with Crippen molar-refractivity contribution in [2.75, 3.05) is 0 Å². The van der Waals surface area contributed by atoms with Gasteiger partial charge in [-0.05, 0) is 32.1 Å². The Balaban J connectivity index is 2.38. The lowest BCUT2D eigenvalue weighted by Gasteiger charge is -1.91. The van der Waals surface area contributed by atoms with Crippen molar-refractivity contribution < 1.29 is 0 Å². The van der Waals surface area contributed by atoms with E-state index in [2.05, 4.69) is 48.6 Å². The van der Waals surface area contributed by atoms with Crippen LogP contribution in [-0.4, -0.2) is 0 Å². The second kappa shape index (κ2) is 7.60. The minimum Gasteiger partial charge on any atom is -0.0845 e. The molecule has 13 heavy (non-hydrogen) atoms. The summed E-state index contributed by atoms with van der Waals surface area (Å²) in [6.45, 7) is 0. The molecule has 0 aliphatic heterocycles. The molecular formula is C13H18. The van der Waals surface area contributed by atoms with Gasteiger partial charge in [-0.2, -0.15) is 0 Å². The highest BCUT2D eigenvalue weighted by molar-refractivity contribution is 5.08. The molecule has 0 amide bonds. The van der Waals surface area contributed by atoms with Gasteiger partial charge in [0.25, 0.3) is 0 Å². The SMILES string of the molecule is C1=CC/C=C/C=C\CCCCC=C1. The van der Waals surface area contributed by atoms with Crippen molar-refractivity contribution in [3.63, 3.8) is 0 Å². The fourth-order valence-corrected chi connectivity index (χ4v) is 1.27. The molecule has 0 nitrogen and oxygen atoms in total. The summed E-state index contributed by atoms with van der Waals surface area (Å²) in [6.07, 6.45) is 23.5. The topological polar surface area (TPSA) is 0 Å². The van der Waals surface area contributed by atoms with Crippen LogP contribution in [0.5, 0.6) is 0 Å². The minimum atomic E-state index is 1.04. The van der Waals surface area contributed by atoms with E-state index in [4.69, 9.17) is 0 Å². The van der Waals surface area contributed by atoms with E-state index in [1.165, 1.54) is 25.7 Å². The molecule has 0 aromatic carbocycles. The van der Waals surface area contributed by atoms with Crippen molar-refractivity contribution in [1.82, 2.24) is 0 Å². The Hall–Kier alpha value is -1.04. The van der Waals surface area contributed by atoms with Crippen molar-refractivity contribution in [2.45, 2.75) is 32.1 Å². The van der Waals surface area contributed by atoms with Crippen molar-refractivity contribution in [3.8, 4) is 0 Å². The molecular weight excluding hydrogens is 156 g/mol. The van der Waals surface area contributed by atoms with E-state index in [1.54, 1.807) is 0 Å². The molecule has 0 saturated heterocycles. The van der Waals surface area contributed by atoms with Gasteiger partial charge in [0.1, 0.15) is 0 Å². The largest absolute Gasteiger partial charge is 0.0845 e. The van der Waals surface area contributed by atoms with Crippen LogP contribution in [0.1, 0.15) is 32.1 Å². The fourth-order valence-electron chi connectivity index (χ4n) is 1.27. The van der Waals surface area contributed by atoms with Crippen molar-refractivity contribution in [2.24, 2.45) is 0 Å². The Morgan fingerprint density at radius 3 is 1.54 bits per heavy atom. The Kier molecular flexibility index (Phi) is 5.87. The third-order valence-corrected chi connectivity index (χ3v) is 2.03. The van der Waals surface area contributed by atoms with Gasteiger partial charge >= 0.3 is 0 Å². The van der Waals surface area contributed by atoms with Crippen LogP contribution in [0.25, 0.3) is 0 Å². The third-order valence-electron chi connectivity index (χ3n) is 2.03. The lowest BCUT2D eigenvalue weighted by molar-refractivity contribution is 0.762. The minimum absolute atomic E-state index is 1.04. The van der Waals surface area contributed by atoms with Crippen LogP contribution in [0.15, 0.2) is 48.6 Å². The van der Waals surface area contributed by atoms with Gasteiger partial charge in [0.05, 0.1) is 0 Å². The van der Waals surface area contributed by atoms with Crippen LogP contribution in [0.4, 0.5) is 0 Å². The van der Waals surface area contributed by atoms with E-state index in [9.17, 15) is 0 Å². The second-order valence-corrected chi connectivity index (χ2v) is 3.23. The summed E-state index contributed by atoms with van der Waals surface area (Å²) in [7, 11) is 0. The monoisotopic (exact) mass is 174 g/mol. The molecule has 1 rings (SSSR count). The summed E-state index contributed by atoms with van der Waals surface area (Å²) in [6, 6.07) is 0. The Morgan fingerprint density at radius 1 is 0.538 bits per heavy atom. The second-order valence-electron chi connectivity index (χ2n) is 3.23. The van der Waals surface area contributed by atoms with Gasteiger partial charge in [-0.15, -0.1) is 0 Å². The Morgan fingerprint density at radius 2 is 1.00 bits per heavy atom. The lowest BCUT2D eigenvalue weighted by Crippen LogP contribution is -1.71. The molecule has 0 radical (unpaired) electrons. The van der Waals surface area contributed by atoms with Crippen molar-refractivity contribution in [3.05, 3.63) is 48.6 Å². The van der Waals surface area contributed by atoms with E-state index >= 15 is 0 Å². The summed E-state index contributed by atoms with van der Waals surface area (Å²) >= 11 is 0. The van der Waals surface area contributed by atoms with Crippen molar-refractivity contribution in [1.29, 1.82) is 0 Å². The summed E-state index contributed by atoms with van der Waals surface area (Å²) in [4.78, 5) is 0. The molecule has 1 aliphatic rings. The molecule has 0 heterocycles. The predicted molar refractivity (Wildman–Crippen MR) is 59.6 cm³/mol. The normalized spacial score (nSPS) is 24.0. The highest BCUT2D eigenvalue weighted by atomic mass is 13.9. The molecule has 70 valence electrons. The molecule has 1 aliphatic carbocycles. The first kappa shape index (κ1) is 10.0. The zero-order valence-electron chi connectivity index (χ0n) is 8.15. The average Bonchev–Trinajstić information content (AvgIpc) is 2.18. The molecule has 0 aromatic rings. The van der Waals surface area contributed by atoms with Gasteiger partial charge in [0.2, 0.25) is 0 Å². The van der Waals surface area contributed by atoms with Gasteiger partial charge in [-0.25, -0.2) is 0 Å². The highest BCUT2D eigenvalue weighted by Gasteiger charge is 1.82. The Bertz CT molecular complexity index is 192. The van der Waals surface area contributed by atoms with E-state index in [0.717, 1.165) is 6.42 Å². The van der Waals surface area contributed by atoms with Crippen LogP contribution in [0.2, 0.25) is 0 Å². The summed E-state index contributed by atoms with van der Waals surface area (Å²) in [5.74, 6) is 0. The van der Waals surface area contributed by atoms with Crippen molar-refractivity contribution >= 4 is 0 Å². The maximum absolute atomic E-state index is 2.25. The maximum atomic E-state index is 2.25. The van der Waals surface area contributed by atoms with E-state index in [-0.39, 0.29) is 0 Å². The number of allylic oxidation sites excluding steroid dienone is 8. The number of hydrogen-bond acceptors (Lipinski definition) is 0. The van der Waals surface area contributed by atoms with Crippen LogP contribution in [0, 0.1) is 0 Å². The summed E-state index contributed by atoms with van der Waals surface area (Å²) in [5.41, 5.74) is 0. The highest BCUT2D eigenvalue weighted by Crippen LogP contribution is 2.02. The molecule has 0 saturated carbocycles. The van der Waals surface area contributed by atoms with E-state index < -0.39 is 0 Å². The first-order valence-electron chi connectivity index (χ1n) is 5.13. The summed E-state index contributed by atoms with van der Waals surface area (Å²) in [5, 5.41) is 0. The van der Waals surface area contributed by atoms with Crippen LogP contribution in [0.3, 0.4) is 0 Å². The zero-order valence-corrected chi connectivity index (χ0v) is 8.15. The smallest absolute Gasteiger partial charge is 0.0163 e. The first-order valence-corrected chi connectivity index (χ1v) is 5.13. The van der Waals surface area contributed by atoms with Gasteiger partial charge in [-0.3, -0.25) is 0 Å². The quantitative estimate of drug-likeness (QED) is 0.517. The molecule has 0 unspecified atom stereocenters. The van der Waals surface area contributed by atoms with Crippen LogP contribution >= 0.6 is 0 Å². The lowest BCUT2D eigenvalue weighted by atomic mass is 10.2. The van der Waals surface area contributed by atoms with Gasteiger partial charge in [0, 0.05) is 0 Å². The zero-order chi connectivity index (χ0) is 9.19. The molecule has 0 fully saturated rings. The van der Waals surface area contributed by atoms with E-state index in [0.29, 0.717) is 0 Å². The molecule has 0 spiro atoms. The molecule has 0 bridgehead atoms. The molecule has 0 atom stereocenters. The van der Waals surface area contributed by atoms with Crippen LogP contribution < -0.4 is 0 Å². The van der Waals surface area contributed by atoms with Gasteiger partial charge in [-0.1, -0.05) is 48.6 Å². The third kappa shape index (κ3) is 6.15. The summed E-state index contributed by atoms with van der Waals surface area (Å²) < 4.78 is 0. The number of hydrogen-bond donors (Lipinski definition) is 0. The van der Waals surface area contributed by atoms with Gasteiger partial charge in [0.15, 0.2) is 0 Å². The molecule has 0 aromatic heterocycles. The molecule has 0 heteroatoms. The maximum Gasteiger partial charge on any atom is -0.0163 e. The standard InChI is InChI=1S/C13H18/c1-2-4-6-8-10-12-13-11-9-7-5-3-1/h1-4,7,9,11,13H,5-6,8,10,12H2/b3-1+,4-2-,9-7?,13-11?.